The molecule has 2 rings (SSSR count). The van der Waals surface area contributed by atoms with Crippen molar-refractivity contribution in [2.75, 3.05) is 5.73 Å². The van der Waals surface area contributed by atoms with Crippen LogP contribution in [0.15, 0.2) is 47.4 Å². The van der Waals surface area contributed by atoms with E-state index < -0.39 is 10.8 Å². The Bertz CT molecular complexity index is 598. The summed E-state index contributed by atoms with van der Waals surface area (Å²) in [6.45, 7) is 1.81. The largest absolute Gasteiger partial charge is 0.399 e. The van der Waals surface area contributed by atoms with Gasteiger partial charge in [-0.1, -0.05) is 12.1 Å². The van der Waals surface area contributed by atoms with Gasteiger partial charge in [0.05, 0.1) is 16.6 Å². The molecule has 2 aromatic rings. The highest BCUT2D eigenvalue weighted by Crippen LogP contribution is 2.18. The Morgan fingerprint density at radius 2 is 2.00 bits per heavy atom. The van der Waals surface area contributed by atoms with Gasteiger partial charge in [0.25, 0.3) is 0 Å². The Labute approximate surface area is 108 Å². The Morgan fingerprint density at radius 3 is 2.67 bits per heavy atom. The Kier molecular flexibility index (Phi) is 3.77. The fourth-order valence-corrected chi connectivity index (χ4v) is 2.97. The summed E-state index contributed by atoms with van der Waals surface area (Å²) in [6, 6.07) is 11.5. The predicted molar refractivity (Wildman–Crippen MR) is 72.1 cm³/mol. The molecule has 0 aliphatic carbocycles. The molecule has 0 fully saturated rings. The zero-order valence-electron chi connectivity index (χ0n) is 10.0. The van der Waals surface area contributed by atoms with Gasteiger partial charge in [0.1, 0.15) is 5.82 Å². The topological polar surface area (TPSA) is 43.1 Å². The summed E-state index contributed by atoms with van der Waals surface area (Å²) < 4.78 is 25.1. The molecule has 2 N–H and O–H groups in total. The quantitative estimate of drug-likeness (QED) is 0.865. The van der Waals surface area contributed by atoms with Crippen LogP contribution in [0.2, 0.25) is 0 Å². The van der Waals surface area contributed by atoms with Crippen molar-refractivity contribution in [3.8, 4) is 0 Å². The first kappa shape index (κ1) is 12.8. The van der Waals surface area contributed by atoms with Crippen LogP contribution in [-0.2, 0) is 16.6 Å². The zero-order chi connectivity index (χ0) is 13.1. The lowest BCUT2D eigenvalue weighted by Crippen LogP contribution is -1.99. The lowest BCUT2D eigenvalue weighted by atomic mass is 10.1. The third-order valence-corrected chi connectivity index (χ3v) is 4.07. The van der Waals surface area contributed by atoms with Crippen molar-refractivity contribution in [1.82, 2.24) is 0 Å². The average Bonchev–Trinajstić information content (AvgIpc) is 2.32. The molecule has 0 spiro atoms. The van der Waals surface area contributed by atoms with Crippen LogP contribution in [0.4, 0.5) is 10.1 Å². The van der Waals surface area contributed by atoms with Crippen molar-refractivity contribution < 1.29 is 8.60 Å². The second-order valence-electron chi connectivity index (χ2n) is 4.13. The molecule has 0 aliphatic heterocycles. The van der Waals surface area contributed by atoms with Crippen LogP contribution in [0.1, 0.15) is 11.1 Å². The summed E-state index contributed by atoms with van der Waals surface area (Å²) >= 11 is 0. The van der Waals surface area contributed by atoms with Gasteiger partial charge < -0.3 is 5.73 Å². The molecule has 94 valence electrons. The van der Waals surface area contributed by atoms with Crippen molar-refractivity contribution in [1.29, 1.82) is 0 Å². The van der Waals surface area contributed by atoms with E-state index in [9.17, 15) is 8.60 Å². The molecule has 0 aliphatic rings. The first-order valence-corrected chi connectivity index (χ1v) is 6.87. The monoisotopic (exact) mass is 263 g/mol. The normalized spacial score (nSPS) is 12.3. The molecule has 0 saturated heterocycles. The fourth-order valence-electron chi connectivity index (χ4n) is 1.70. The number of benzene rings is 2. The predicted octanol–water partition coefficient (Wildman–Crippen LogP) is 3.02. The van der Waals surface area contributed by atoms with E-state index in [1.807, 2.05) is 6.92 Å². The summed E-state index contributed by atoms with van der Waals surface area (Å²) in [5.41, 5.74) is 7.95. The molecule has 0 bridgehead atoms. The lowest BCUT2D eigenvalue weighted by Gasteiger charge is -2.06. The standard InChI is InChI=1S/C14H14FNOS/c1-10-7-12(15)6-5-11(10)9-18(17)14-4-2-3-13(16)8-14/h2-8H,9,16H2,1H3. The second-order valence-corrected chi connectivity index (χ2v) is 5.58. The third kappa shape index (κ3) is 2.96. The van der Waals surface area contributed by atoms with Crippen LogP contribution in [0.5, 0.6) is 0 Å². The van der Waals surface area contributed by atoms with Gasteiger partial charge in [-0.15, -0.1) is 0 Å². The van der Waals surface area contributed by atoms with Gasteiger partial charge in [-0.2, -0.15) is 0 Å². The van der Waals surface area contributed by atoms with E-state index in [2.05, 4.69) is 0 Å². The van der Waals surface area contributed by atoms with E-state index >= 15 is 0 Å². The molecule has 1 unspecified atom stereocenters. The second kappa shape index (κ2) is 5.31. The highest BCUT2D eigenvalue weighted by Gasteiger charge is 2.08. The molecule has 0 aromatic heterocycles. The van der Waals surface area contributed by atoms with Crippen molar-refractivity contribution in [2.24, 2.45) is 0 Å². The smallest absolute Gasteiger partial charge is 0.123 e. The van der Waals surface area contributed by atoms with Crippen LogP contribution in [0.25, 0.3) is 0 Å². The number of nitrogen functional groups attached to an aromatic ring is 1. The zero-order valence-corrected chi connectivity index (χ0v) is 10.8. The molecule has 0 amide bonds. The number of rotatable bonds is 3. The lowest BCUT2D eigenvalue weighted by molar-refractivity contribution is 0.626. The van der Waals surface area contributed by atoms with Crippen LogP contribution in [0.3, 0.4) is 0 Å². The summed E-state index contributed by atoms with van der Waals surface area (Å²) in [5.74, 6) is 0.0984. The van der Waals surface area contributed by atoms with E-state index in [-0.39, 0.29) is 5.82 Å². The van der Waals surface area contributed by atoms with E-state index in [4.69, 9.17) is 5.73 Å². The van der Waals surface area contributed by atoms with Crippen LogP contribution < -0.4 is 5.73 Å². The molecule has 0 radical (unpaired) electrons. The fraction of sp³-hybridized carbons (Fsp3) is 0.143. The molecule has 1 atom stereocenters. The number of aryl methyl sites for hydroxylation is 1. The third-order valence-electron chi connectivity index (χ3n) is 2.71. The van der Waals surface area contributed by atoms with Gasteiger partial charge in [-0.3, -0.25) is 4.21 Å². The van der Waals surface area contributed by atoms with Gasteiger partial charge in [0.2, 0.25) is 0 Å². The molecule has 2 nitrogen and oxygen atoms in total. The first-order chi connectivity index (χ1) is 8.56. The molecule has 0 heterocycles. The molecular formula is C14H14FNOS. The van der Waals surface area contributed by atoms with E-state index in [1.165, 1.54) is 12.1 Å². The average molecular weight is 263 g/mol. The van der Waals surface area contributed by atoms with Crippen molar-refractivity contribution in [2.45, 2.75) is 17.6 Å². The molecule has 2 aromatic carbocycles. The molecule has 4 heteroatoms. The number of halogens is 1. The first-order valence-electron chi connectivity index (χ1n) is 5.55. The van der Waals surface area contributed by atoms with Crippen molar-refractivity contribution >= 4 is 16.5 Å². The van der Waals surface area contributed by atoms with Gasteiger partial charge in [0.15, 0.2) is 0 Å². The minimum Gasteiger partial charge on any atom is -0.399 e. The van der Waals surface area contributed by atoms with Gasteiger partial charge in [-0.25, -0.2) is 4.39 Å². The van der Waals surface area contributed by atoms with E-state index in [0.29, 0.717) is 16.3 Å². The summed E-state index contributed by atoms with van der Waals surface area (Å²) in [5, 5.41) is 0. The minimum absolute atomic E-state index is 0.272. The number of nitrogens with two attached hydrogens (primary N) is 1. The van der Waals surface area contributed by atoms with Crippen molar-refractivity contribution in [3.63, 3.8) is 0 Å². The Hall–Kier alpha value is -1.68. The number of hydrogen-bond donors (Lipinski definition) is 1. The van der Waals surface area contributed by atoms with E-state index in [0.717, 1.165) is 11.1 Å². The van der Waals surface area contributed by atoms with Crippen LogP contribution in [-0.4, -0.2) is 4.21 Å². The number of hydrogen-bond acceptors (Lipinski definition) is 2. The maximum Gasteiger partial charge on any atom is 0.123 e. The summed E-state index contributed by atoms with van der Waals surface area (Å²) in [4.78, 5) is 0.693. The summed E-state index contributed by atoms with van der Waals surface area (Å²) in [7, 11) is -1.16. The Morgan fingerprint density at radius 1 is 1.22 bits per heavy atom. The Balaban J connectivity index is 2.21. The highest BCUT2D eigenvalue weighted by atomic mass is 32.2. The minimum atomic E-state index is -1.16. The van der Waals surface area contributed by atoms with Crippen LogP contribution >= 0.6 is 0 Å². The molecule has 18 heavy (non-hydrogen) atoms. The van der Waals surface area contributed by atoms with Gasteiger partial charge in [-0.05, 0) is 48.4 Å². The molecule has 0 saturated carbocycles. The van der Waals surface area contributed by atoms with Crippen LogP contribution in [0, 0.1) is 12.7 Å². The highest BCUT2D eigenvalue weighted by molar-refractivity contribution is 7.84. The summed E-state index contributed by atoms with van der Waals surface area (Å²) in [6.07, 6.45) is 0. The maximum atomic E-state index is 13.0. The number of anilines is 1. The SMILES string of the molecule is Cc1cc(F)ccc1CS(=O)c1cccc(N)c1. The maximum absolute atomic E-state index is 13.0. The van der Waals surface area contributed by atoms with Crippen molar-refractivity contribution in [3.05, 3.63) is 59.4 Å². The van der Waals surface area contributed by atoms with Gasteiger partial charge >= 0.3 is 0 Å². The molecular weight excluding hydrogens is 249 g/mol. The van der Waals surface area contributed by atoms with Gasteiger partial charge in [0, 0.05) is 10.6 Å². The van der Waals surface area contributed by atoms with E-state index in [1.54, 1.807) is 30.3 Å².